The Hall–Kier alpha value is -3.39. The molecule has 0 radical (unpaired) electrons. The van der Waals surface area contributed by atoms with Crippen LogP contribution in [0.25, 0.3) is 0 Å². The monoisotopic (exact) mass is 454 g/mol. The van der Waals surface area contributed by atoms with Gasteiger partial charge in [0.15, 0.2) is 6.10 Å². The standard InChI is InChI=1S/C24H26N2O5S/c1-4-29-21-8-6-5-7-20(21)26-24(28)17(3)31-23(27)13-18-15-32-22(25-18)14-30-19-11-9-16(2)10-12-19/h5-12,15,17H,4,13-14H2,1-3H3,(H,26,28). The first-order chi connectivity index (χ1) is 15.4. The number of nitrogens with one attached hydrogen (secondary N) is 1. The number of nitrogens with zero attached hydrogens (tertiary/aromatic N) is 1. The summed E-state index contributed by atoms with van der Waals surface area (Å²) in [6.07, 6.45) is -0.978. The predicted octanol–water partition coefficient (Wildman–Crippen LogP) is 4.54. The van der Waals surface area contributed by atoms with E-state index in [1.165, 1.54) is 18.3 Å². The molecule has 2 aromatic carbocycles. The molecule has 0 aliphatic heterocycles. The first-order valence-electron chi connectivity index (χ1n) is 10.3. The molecule has 3 aromatic rings. The minimum absolute atomic E-state index is 0.0197. The molecule has 0 aliphatic carbocycles. The van der Waals surface area contributed by atoms with Crippen molar-refractivity contribution in [2.24, 2.45) is 0 Å². The normalized spacial score (nSPS) is 11.5. The zero-order valence-electron chi connectivity index (χ0n) is 18.3. The van der Waals surface area contributed by atoms with Crippen molar-refractivity contribution in [1.29, 1.82) is 0 Å². The summed E-state index contributed by atoms with van der Waals surface area (Å²) in [6.45, 7) is 6.20. The molecule has 0 spiro atoms. The molecule has 8 heteroatoms. The van der Waals surface area contributed by atoms with Crippen LogP contribution < -0.4 is 14.8 Å². The first-order valence-corrected chi connectivity index (χ1v) is 11.2. The number of aryl methyl sites for hydroxylation is 1. The summed E-state index contributed by atoms with van der Waals surface area (Å²) in [6, 6.07) is 14.9. The largest absolute Gasteiger partial charge is 0.492 e. The summed E-state index contributed by atoms with van der Waals surface area (Å²) >= 11 is 1.41. The van der Waals surface area contributed by atoms with E-state index >= 15 is 0 Å². The number of hydrogen-bond donors (Lipinski definition) is 1. The third-order valence-corrected chi connectivity index (χ3v) is 5.30. The van der Waals surface area contributed by atoms with Gasteiger partial charge in [-0.2, -0.15) is 0 Å². The van der Waals surface area contributed by atoms with Crippen LogP contribution in [-0.4, -0.2) is 29.6 Å². The second-order valence-corrected chi connectivity index (χ2v) is 8.00. The van der Waals surface area contributed by atoms with E-state index in [9.17, 15) is 9.59 Å². The number of esters is 1. The van der Waals surface area contributed by atoms with Gasteiger partial charge in [0.1, 0.15) is 23.1 Å². The topological polar surface area (TPSA) is 86.8 Å². The number of rotatable bonds is 10. The molecule has 1 heterocycles. The van der Waals surface area contributed by atoms with Crippen molar-refractivity contribution < 1.29 is 23.8 Å². The van der Waals surface area contributed by atoms with Crippen molar-refractivity contribution in [3.8, 4) is 11.5 Å². The van der Waals surface area contributed by atoms with Crippen LogP contribution in [-0.2, 0) is 27.4 Å². The fourth-order valence-corrected chi connectivity index (χ4v) is 3.51. The Morgan fingerprint density at radius 3 is 2.59 bits per heavy atom. The minimum atomic E-state index is -0.958. The van der Waals surface area contributed by atoms with Crippen molar-refractivity contribution in [3.05, 3.63) is 70.2 Å². The third-order valence-electron chi connectivity index (χ3n) is 4.43. The molecule has 168 valence electrons. The molecular weight excluding hydrogens is 428 g/mol. The lowest BCUT2D eigenvalue weighted by Crippen LogP contribution is -2.30. The number of carbonyl (C=O) groups excluding carboxylic acids is 2. The lowest BCUT2D eigenvalue weighted by molar-refractivity contribution is -0.152. The lowest BCUT2D eigenvalue weighted by atomic mass is 10.2. The summed E-state index contributed by atoms with van der Waals surface area (Å²) in [5.74, 6) is 0.361. The van der Waals surface area contributed by atoms with Crippen LogP contribution in [0.5, 0.6) is 11.5 Å². The second kappa shape index (κ2) is 11.3. The molecule has 1 aromatic heterocycles. The number of benzene rings is 2. The molecule has 1 atom stereocenters. The molecule has 1 unspecified atom stereocenters. The zero-order valence-corrected chi connectivity index (χ0v) is 19.1. The van der Waals surface area contributed by atoms with Crippen LogP contribution >= 0.6 is 11.3 Å². The molecule has 0 bridgehead atoms. The van der Waals surface area contributed by atoms with E-state index in [-0.39, 0.29) is 6.42 Å². The molecule has 0 aliphatic rings. The maximum absolute atomic E-state index is 12.4. The van der Waals surface area contributed by atoms with Gasteiger partial charge >= 0.3 is 5.97 Å². The lowest BCUT2D eigenvalue weighted by Gasteiger charge is -2.15. The number of para-hydroxylation sites is 2. The van der Waals surface area contributed by atoms with Gasteiger partial charge < -0.3 is 19.5 Å². The van der Waals surface area contributed by atoms with Gasteiger partial charge in [-0.05, 0) is 45.0 Å². The Morgan fingerprint density at radius 1 is 1.09 bits per heavy atom. The highest BCUT2D eigenvalue weighted by Crippen LogP contribution is 2.24. The number of ether oxygens (including phenoxy) is 3. The van der Waals surface area contributed by atoms with Gasteiger partial charge in [0.05, 0.1) is 24.4 Å². The van der Waals surface area contributed by atoms with E-state index in [1.807, 2.05) is 44.2 Å². The summed E-state index contributed by atoms with van der Waals surface area (Å²) in [5.41, 5.74) is 2.27. The number of anilines is 1. The van der Waals surface area contributed by atoms with E-state index in [1.54, 1.807) is 23.6 Å². The molecule has 32 heavy (non-hydrogen) atoms. The maximum Gasteiger partial charge on any atom is 0.312 e. The van der Waals surface area contributed by atoms with Gasteiger partial charge in [-0.15, -0.1) is 11.3 Å². The quantitative estimate of drug-likeness (QED) is 0.453. The molecule has 3 rings (SSSR count). The minimum Gasteiger partial charge on any atom is -0.492 e. The highest BCUT2D eigenvalue weighted by Gasteiger charge is 2.20. The molecule has 1 amide bonds. The number of hydrogen-bond acceptors (Lipinski definition) is 7. The van der Waals surface area contributed by atoms with Crippen LogP contribution in [0.1, 0.15) is 30.1 Å². The maximum atomic E-state index is 12.4. The average molecular weight is 455 g/mol. The average Bonchev–Trinajstić information content (AvgIpc) is 3.22. The van der Waals surface area contributed by atoms with Crippen molar-refractivity contribution in [1.82, 2.24) is 4.98 Å². The van der Waals surface area contributed by atoms with Gasteiger partial charge in [-0.3, -0.25) is 9.59 Å². The summed E-state index contributed by atoms with van der Waals surface area (Å²) in [7, 11) is 0. The fraction of sp³-hybridized carbons (Fsp3) is 0.292. The van der Waals surface area contributed by atoms with Gasteiger partial charge in [0, 0.05) is 5.38 Å². The van der Waals surface area contributed by atoms with E-state index in [2.05, 4.69) is 10.3 Å². The first kappa shape index (κ1) is 23.3. The Balaban J connectivity index is 1.47. The molecule has 0 saturated heterocycles. The van der Waals surface area contributed by atoms with Crippen LogP contribution in [0.3, 0.4) is 0 Å². The van der Waals surface area contributed by atoms with Crippen molar-refractivity contribution in [3.63, 3.8) is 0 Å². The van der Waals surface area contributed by atoms with Crippen LogP contribution in [0, 0.1) is 6.92 Å². The molecule has 0 saturated carbocycles. The third kappa shape index (κ3) is 6.81. The van der Waals surface area contributed by atoms with Crippen LogP contribution in [0.2, 0.25) is 0 Å². The van der Waals surface area contributed by atoms with Gasteiger partial charge in [0.2, 0.25) is 0 Å². The van der Waals surface area contributed by atoms with Gasteiger partial charge in [0.25, 0.3) is 5.91 Å². The molecule has 0 fully saturated rings. The van der Waals surface area contributed by atoms with Crippen molar-refractivity contribution >= 4 is 28.9 Å². The SMILES string of the molecule is CCOc1ccccc1NC(=O)C(C)OC(=O)Cc1csc(COc2ccc(C)cc2)n1. The molecule has 7 nitrogen and oxygen atoms in total. The summed E-state index contributed by atoms with van der Waals surface area (Å²) in [5, 5.41) is 5.28. The summed E-state index contributed by atoms with van der Waals surface area (Å²) in [4.78, 5) is 29.1. The Labute approximate surface area is 191 Å². The number of aromatic nitrogens is 1. The summed E-state index contributed by atoms with van der Waals surface area (Å²) < 4.78 is 16.5. The van der Waals surface area contributed by atoms with Crippen LogP contribution in [0.15, 0.2) is 53.9 Å². The Bertz CT molecular complexity index is 1050. The van der Waals surface area contributed by atoms with Crippen molar-refractivity contribution in [2.45, 2.75) is 39.9 Å². The number of carbonyl (C=O) groups is 2. The molecule has 1 N–H and O–H groups in total. The van der Waals surface area contributed by atoms with Crippen molar-refractivity contribution in [2.75, 3.05) is 11.9 Å². The van der Waals surface area contributed by atoms with E-state index in [4.69, 9.17) is 14.2 Å². The Morgan fingerprint density at radius 2 is 1.84 bits per heavy atom. The Kier molecular flexibility index (Phi) is 8.21. The van der Waals surface area contributed by atoms with Crippen LogP contribution in [0.4, 0.5) is 5.69 Å². The van der Waals surface area contributed by atoms with E-state index in [0.29, 0.717) is 30.3 Å². The van der Waals surface area contributed by atoms with E-state index < -0.39 is 18.0 Å². The smallest absolute Gasteiger partial charge is 0.312 e. The van der Waals surface area contributed by atoms with Gasteiger partial charge in [-0.25, -0.2) is 4.98 Å². The highest BCUT2D eigenvalue weighted by atomic mass is 32.1. The predicted molar refractivity (Wildman–Crippen MR) is 123 cm³/mol. The number of thiazole rings is 1. The fourth-order valence-electron chi connectivity index (χ4n) is 2.80. The number of amides is 1. The second-order valence-electron chi connectivity index (χ2n) is 7.06. The molecular formula is C24H26N2O5S. The van der Waals surface area contributed by atoms with Gasteiger partial charge in [-0.1, -0.05) is 29.8 Å². The highest BCUT2D eigenvalue weighted by molar-refractivity contribution is 7.09. The zero-order chi connectivity index (χ0) is 22.9. The van der Waals surface area contributed by atoms with E-state index in [0.717, 1.165) is 16.3 Å².